The number of hydrogen-bond donors (Lipinski definition) is 0. The van der Waals surface area contributed by atoms with E-state index in [1.165, 1.54) is 44.6 Å². The van der Waals surface area contributed by atoms with Gasteiger partial charge in [-0.3, -0.25) is 0 Å². The first-order valence-corrected chi connectivity index (χ1v) is 13.5. The molecule has 0 N–H and O–H groups in total. The predicted molar refractivity (Wildman–Crippen MR) is 166 cm³/mol. The molecule has 0 saturated carbocycles. The highest BCUT2D eigenvalue weighted by molar-refractivity contribution is 7.01. The first kappa shape index (κ1) is 22.0. The van der Waals surface area contributed by atoms with Crippen molar-refractivity contribution in [2.45, 2.75) is 0 Å². The van der Waals surface area contributed by atoms with E-state index in [2.05, 4.69) is 161 Å². The van der Waals surface area contributed by atoms with Crippen LogP contribution in [0.25, 0.3) is 11.1 Å². The molecular weight excluding hydrogens is 471 g/mol. The standard InChI is InChI=1S/C36H25BN2/c1-4-13-26(14-5-1)38(27-15-6-2-7-16-27)29-23-24-32-31(25-29)30-19-12-22-35-36(30)37(32)33-20-10-11-21-34(33)39(35)28-17-8-3-9-18-28/h1-25H. The maximum absolute atomic E-state index is 2.43. The largest absolute Gasteiger partial charge is 0.312 e. The lowest BCUT2D eigenvalue weighted by atomic mass is 9.37. The fraction of sp³-hybridized carbons (Fsp3) is 0. The molecular formula is C36H25BN2. The molecule has 8 rings (SSSR count). The topological polar surface area (TPSA) is 6.48 Å². The van der Waals surface area contributed by atoms with Crippen LogP contribution < -0.4 is 26.2 Å². The molecule has 3 heteroatoms. The fourth-order valence-electron chi connectivity index (χ4n) is 6.45. The van der Waals surface area contributed by atoms with Gasteiger partial charge in [0.05, 0.1) is 0 Å². The van der Waals surface area contributed by atoms with Gasteiger partial charge in [0.15, 0.2) is 0 Å². The Morgan fingerprint density at radius 3 is 1.77 bits per heavy atom. The minimum atomic E-state index is 0.221. The number of fused-ring (bicyclic) bond motifs is 5. The molecule has 6 aromatic rings. The van der Waals surface area contributed by atoms with Crippen LogP contribution >= 0.6 is 0 Å². The molecule has 0 fully saturated rings. The molecule has 2 aliphatic rings. The minimum absolute atomic E-state index is 0.221. The molecule has 0 amide bonds. The molecule has 182 valence electrons. The van der Waals surface area contributed by atoms with Gasteiger partial charge >= 0.3 is 0 Å². The van der Waals surface area contributed by atoms with Crippen molar-refractivity contribution >= 4 is 57.2 Å². The van der Waals surface area contributed by atoms with E-state index < -0.39 is 0 Å². The second-order valence-corrected chi connectivity index (χ2v) is 10.2. The summed E-state index contributed by atoms with van der Waals surface area (Å²) < 4.78 is 0. The number of benzene rings is 6. The second-order valence-electron chi connectivity index (χ2n) is 10.2. The molecule has 0 unspecified atom stereocenters. The van der Waals surface area contributed by atoms with Crippen molar-refractivity contribution in [2.75, 3.05) is 9.80 Å². The van der Waals surface area contributed by atoms with Gasteiger partial charge in [-0.05, 0) is 82.7 Å². The molecule has 0 bridgehead atoms. The first-order valence-electron chi connectivity index (χ1n) is 13.5. The summed E-state index contributed by atoms with van der Waals surface area (Å²) in [6, 6.07) is 54.7. The maximum Gasteiger partial charge on any atom is 0.248 e. The van der Waals surface area contributed by atoms with Gasteiger partial charge in [-0.2, -0.15) is 0 Å². The molecule has 2 heterocycles. The monoisotopic (exact) mass is 496 g/mol. The molecule has 0 atom stereocenters. The van der Waals surface area contributed by atoms with E-state index in [1.807, 2.05) is 0 Å². The quantitative estimate of drug-likeness (QED) is 0.234. The maximum atomic E-state index is 2.43. The lowest BCUT2D eigenvalue weighted by molar-refractivity contribution is 1.29. The summed E-state index contributed by atoms with van der Waals surface area (Å²) in [6.45, 7) is 0.221. The Hall–Kier alpha value is -5.02. The van der Waals surface area contributed by atoms with Crippen molar-refractivity contribution in [1.29, 1.82) is 0 Å². The zero-order valence-electron chi connectivity index (χ0n) is 21.4. The molecule has 0 spiro atoms. The van der Waals surface area contributed by atoms with E-state index in [0.29, 0.717) is 0 Å². The summed E-state index contributed by atoms with van der Waals surface area (Å²) in [4.78, 5) is 4.78. The fourth-order valence-corrected chi connectivity index (χ4v) is 6.45. The number of nitrogens with zero attached hydrogens (tertiary/aromatic N) is 2. The third-order valence-corrected chi connectivity index (χ3v) is 8.04. The molecule has 2 aliphatic heterocycles. The van der Waals surface area contributed by atoms with Crippen LogP contribution in [0.4, 0.5) is 34.1 Å². The molecule has 0 aromatic heterocycles. The van der Waals surface area contributed by atoms with Gasteiger partial charge in [0.2, 0.25) is 6.71 Å². The van der Waals surface area contributed by atoms with Gasteiger partial charge < -0.3 is 9.80 Å². The number of hydrogen-bond acceptors (Lipinski definition) is 2. The summed E-state index contributed by atoms with van der Waals surface area (Å²) >= 11 is 0. The number of para-hydroxylation sites is 4. The minimum Gasteiger partial charge on any atom is -0.312 e. The average molecular weight is 496 g/mol. The molecule has 0 radical (unpaired) electrons. The van der Waals surface area contributed by atoms with E-state index in [9.17, 15) is 0 Å². The highest BCUT2D eigenvalue weighted by atomic mass is 15.2. The van der Waals surface area contributed by atoms with Crippen LogP contribution in [0.5, 0.6) is 0 Å². The van der Waals surface area contributed by atoms with Crippen LogP contribution in [0.2, 0.25) is 0 Å². The first-order chi connectivity index (χ1) is 19.4. The summed E-state index contributed by atoms with van der Waals surface area (Å²) in [7, 11) is 0. The zero-order chi connectivity index (χ0) is 25.8. The van der Waals surface area contributed by atoms with Crippen LogP contribution in [0.1, 0.15) is 0 Å². The number of rotatable bonds is 4. The van der Waals surface area contributed by atoms with Crippen molar-refractivity contribution in [1.82, 2.24) is 0 Å². The van der Waals surface area contributed by atoms with Gasteiger partial charge in [-0.25, -0.2) is 0 Å². The Morgan fingerprint density at radius 2 is 1.05 bits per heavy atom. The Balaban J connectivity index is 1.35. The molecule has 2 nitrogen and oxygen atoms in total. The zero-order valence-corrected chi connectivity index (χ0v) is 21.4. The Labute approximate surface area is 229 Å². The Bertz CT molecular complexity index is 1780. The molecule has 39 heavy (non-hydrogen) atoms. The summed E-state index contributed by atoms with van der Waals surface area (Å²) in [5, 5.41) is 0. The second kappa shape index (κ2) is 8.78. The Morgan fingerprint density at radius 1 is 0.436 bits per heavy atom. The highest BCUT2D eigenvalue weighted by Crippen LogP contribution is 2.42. The van der Waals surface area contributed by atoms with E-state index in [-0.39, 0.29) is 6.71 Å². The summed E-state index contributed by atoms with van der Waals surface area (Å²) in [6.07, 6.45) is 0. The van der Waals surface area contributed by atoms with Crippen LogP contribution in [0, 0.1) is 0 Å². The highest BCUT2D eigenvalue weighted by Gasteiger charge is 2.42. The number of anilines is 6. The van der Waals surface area contributed by atoms with Gasteiger partial charge in [-0.15, -0.1) is 0 Å². The third kappa shape index (κ3) is 3.37. The van der Waals surface area contributed by atoms with Crippen molar-refractivity contribution in [3.63, 3.8) is 0 Å². The van der Waals surface area contributed by atoms with Gasteiger partial charge in [-0.1, -0.05) is 96.5 Å². The van der Waals surface area contributed by atoms with Gasteiger partial charge in [0.25, 0.3) is 0 Å². The van der Waals surface area contributed by atoms with Crippen molar-refractivity contribution in [2.24, 2.45) is 0 Å². The van der Waals surface area contributed by atoms with Crippen LogP contribution in [-0.2, 0) is 0 Å². The Kier molecular flexibility index (Phi) is 4.96. The molecule has 6 aromatic carbocycles. The smallest absolute Gasteiger partial charge is 0.248 e. The van der Waals surface area contributed by atoms with E-state index in [0.717, 1.165) is 17.1 Å². The third-order valence-electron chi connectivity index (χ3n) is 8.04. The summed E-state index contributed by atoms with van der Waals surface area (Å²) in [5.41, 5.74) is 13.9. The van der Waals surface area contributed by atoms with Crippen LogP contribution in [-0.4, -0.2) is 6.71 Å². The summed E-state index contributed by atoms with van der Waals surface area (Å²) in [5.74, 6) is 0. The van der Waals surface area contributed by atoms with Gasteiger partial charge in [0.1, 0.15) is 0 Å². The predicted octanol–water partition coefficient (Wildman–Crippen LogP) is 7.44. The molecule has 0 saturated heterocycles. The van der Waals surface area contributed by atoms with Crippen LogP contribution in [0.3, 0.4) is 0 Å². The van der Waals surface area contributed by atoms with E-state index >= 15 is 0 Å². The van der Waals surface area contributed by atoms with Crippen LogP contribution in [0.15, 0.2) is 152 Å². The lowest BCUT2D eigenvalue weighted by Crippen LogP contribution is -2.54. The van der Waals surface area contributed by atoms with E-state index in [4.69, 9.17) is 0 Å². The normalized spacial score (nSPS) is 12.5. The van der Waals surface area contributed by atoms with Gasteiger partial charge in [0, 0.05) is 34.1 Å². The van der Waals surface area contributed by atoms with E-state index in [1.54, 1.807) is 0 Å². The van der Waals surface area contributed by atoms with Crippen molar-refractivity contribution in [3.05, 3.63) is 152 Å². The lowest BCUT2D eigenvalue weighted by Gasteiger charge is -2.35. The SMILES string of the molecule is c1ccc(N(c2ccccc2)c2ccc3c(c2)-c2cccc4c2B3c2ccccc2N4c2ccccc2)cc1. The average Bonchev–Trinajstić information content (AvgIpc) is 3.34. The van der Waals surface area contributed by atoms with Crippen molar-refractivity contribution in [3.8, 4) is 11.1 Å². The molecule has 0 aliphatic carbocycles. The van der Waals surface area contributed by atoms with Crippen molar-refractivity contribution < 1.29 is 0 Å².